The van der Waals surface area contributed by atoms with Gasteiger partial charge in [0.05, 0.1) is 12.8 Å². The van der Waals surface area contributed by atoms with E-state index >= 15 is 0 Å². The Balaban J connectivity index is 1.85. The van der Waals surface area contributed by atoms with Crippen LogP contribution in [0.2, 0.25) is 5.02 Å². The number of benzene rings is 1. The molecule has 1 N–H and O–H groups in total. The van der Waals surface area contributed by atoms with E-state index in [9.17, 15) is 9.59 Å². The fourth-order valence-electron chi connectivity index (χ4n) is 1.54. The molecule has 0 aliphatic rings. The van der Waals surface area contributed by atoms with Gasteiger partial charge in [0, 0.05) is 5.02 Å². The number of rotatable bonds is 6. The third kappa shape index (κ3) is 4.42. The predicted molar refractivity (Wildman–Crippen MR) is 75.4 cm³/mol. The topological polar surface area (TPSA) is 108 Å². The van der Waals surface area contributed by atoms with Crippen LogP contribution in [0.3, 0.4) is 0 Å². The maximum atomic E-state index is 11.8. The highest BCUT2D eigenvalue weighted by molar-refractivity contribution is 6.31. The lowest BCUT2D eigenvalue weighted by molar-refractivity contribution is -0.148. The molecule has 0 unspecified atom stereocenters. The molecule has 1 amide bonds. The van der Waals surface area contributed by atoms with E-state index in [1.807, 2.05) is 0 Å². The van der Waals surface area contributed by atoms with Crippen LogP contribution >= 0.6 is 11.6 Å². The Bertz CT molecular complexity index is 662. The number of tetrazole rings is 1. The first-order valence-corrected chi connectivity index (χ1v) is 6.46. The van der Waals surface area contributed by atoms with Crippen molar-refractivity contribution in [3.8, 4) is 5.75 Å². The lowest BCUT2D eigenvalue weighted by Gasteiger charge is -2.10. The van der Waals surface area contributed by atoms with Gasteiger partial charge in [-0.15, -0.1) is 5.10 Å². The summed E-state index contributed by atoms with van der Waals surface area (Å²) in [4.78, 5) is 23.2. The summed E-state index contributed by atoms with van der Waals surface area (Å²) >= 11 is 5.85. The number of nitrogens with one attached hydrogen (secondary N) is 1. The number of ether oxygens (including phenoxy) is 2. The van der Waals surface area contributed by atoms with Gasteiger partial charge in [0.2, 0.25) is 0 Å². The average Bonchev–Trinajstić information content (AvgIpc) is 2.98. The van der Waals surface area contributed by atoms with Gasteiger partial charge < -0.3 is 14.8 Å². The van der Waals surface area contributed by atoms with Crippen molar-refractivity contribution in [1.82, 2.24) is 20.2 Å². The lowest BCUT2D eigenvalue weighted by atomic mass is 10.3. The second kappa shape index (κ2) is 7.36. The molecule has 1 aromatic heterocycles. The molecule has 0 fully saturated rings. The molecule has 1 heterocycles. The number of carbonyl (C=O) groups is 2. The van der Waals surface area contributed by atoms with Crippen LogP contribution in [0.1, 0.15) is 0 Å². The molecule has 0 radical (unpaired) electrons. The fourth-order valence-corrected chi connectivity index (χ4v) is 1.71. The number of carbonyl (C=O) groups excluding carboxylic acids is 2. The molecule has 10 heteroatoms. The quantitative estimate of drug-likeness (QED) is 0.771. The molecule has 2 rings (SSSR count). The first-order valence-electron chi connectivity index (χ1n) is 6.08. The number of nitrogens with zero attached hydrogens (tertiary/aromatic N) is 4. The largest absolute Gasteiger partial charge is 0.495 e. The van der Waals surface area contributed by atoms with Gasteiger partial charge in [0.15, 0.2) is 6.61 Å². The smallest absolute Gasteiger partial charge is 0.328 e. The number of halogens is 1. The van der Waals surface area contributed by atoms with Crippen LogP contribution < -0.4 is 10.1 Å². The summed E-state index contributed by atoms with van der Waals surface area (Å²) in [5.41, 5.74) is 0.386. The van der Waals surface area contributed by atoms with Crippen LogP contribution in [0.4, 0.5) is 5.69 Å². The average molecular weight is 326 g/mol. The molecule has 0 saturated carbocycles. The Kier molecular flexibility index (Phi) is 5.26. The summed E-state index contributed by atoms with van der Waals surface area (Å²) in [7, 11) is 1.46. The minimum Gasteiger partial charge on any atom is -0.495 e. The maximum Gasteiger partial charge on any atom is 0.328 e. The van der Waals surface area contributed by atoms with Crippen molar-refractivity contribution in [2.24, 2.45) is 0 Å². The molecule has 9 nitrogen and oxygen atoms in total. The van der Waals surface area contributed by atoms with Gasteiger partial charge in [0.25, 0.3) is 5.91 Å². The van der Waals surface area contributed by atoms with Crippen LogP contribution in [0.15, 0.2) is 24.5 Å². The maximum absolute atomic E-state index is 11.8. The Labute approximate surface area is 130 Å². The summed E-state index contributed by atoms with van der Waals surface area (Å²) < 4.78 is 11.1. The molecule has 0 spiro atoms. The summed E-state index contributed by atoms with van der Waals surface area (Å²) in [5.74, 6) is -0.719. The van der Waals surface area contributed by atoms with Gasteiger partial charge >= 0.3 is 5.97 Å². The van der Waals surface area contributed by atoms with E-state index in [-0.39, 0.29) is 6.54 Å². The highest BCUT2D eigenvalue weighted by Gasteiger charge is 2.12. The van der Waals surface area contributed by atoms with E-state index in [4.69, 9.17) is 21.1 Å². The molecular formula is C12H12ClN5O4. The number of aromatic nitrogens is 4. The lowest BCUT2D eigenvalue weighted by Crippen LogP contribution is -2.23. The van der Waals surface area contributed by atoms with Gasteiger partial charge in [-0.3, -0.25) is 9.59 Å². The summed E-state index contributed by atoms with van der Waals surface area (Å²) in [5, 5.41) is 13.2. The summed E-state index contributed by atoms with van der Waals surface area (Å²) in [6, 6.07) is 4.77. The predicted octanol–water partition coefficient (Wildman–Crippen LogP) is 0.517. The van der Waals surface area contributed by atoms with Crippen molar-refractivity contribution in [3.63, 3.8) is 0 Å². The number of hydrogen-bond acceptors (Lipinski definition) is 7. The van der Waals surface area contributed by atoms with Crippen LogP contribution in [-0.2, 0) is 20.9 Å². The van der Waals surface area contributed by atoms with Crippen LogP contribution in [-0.4, -0.2) is 45.8 Å². The molecule has 0 bridgehead atoms. The number of esters is 1. The van der Waals surface area contributed by atoms with Crippen molar-refractivity contribution in [1.29, 1.82) is 0 Å². The van der Waals surface area contributed by atoms with E-state index < -0.39 is 18.5 Å². The number of amides is 1. The van der Waals surface area contributed by atoms with E-state index in [1.54, 1.807) is 12.1 Å². The van der Waals surface area contributed by atoms with E-state index in [2.05, 4.69) is 20.8 Å². The highest BCUT2D eigenvalue weighted by atomic mass is 35.5. The van der Waals surface area contributed by atoms with Crippen LogP contribution in [0.5, 0.6) is 5.75 Å². The highest BCUT2D eigenvalue weighted by Crippen LogP contribution is 2.27. The van der Waals surface area contributed by atoms with Gasteiger partial charge in [-0.25, -0.2) is 4.68 Å². The molecule has 116 valence electrons. The van der Waals surface area contributed by atoms with Crippen LogP contribution in [0, 0.1) is 0 Å². The van der Waals surface area contributed by atoms with Crippen molar-refractivity contribution >= 4 is 29.2 Å². The third-order valence-corrected chi connectivity index (χ3v) is 2.72. The molecule has 2 aromatic rings. The number of hydrogen-bond donors (Lipinski definition) is 1. The van der Waals surface area contributed by atoms with Gasteiger partial charge in [0.1, 0.15) is 18.6 Å². The molecule has 0 saturated heterocycles. The molecule has 0 atom stereocenters. The zero-order chi connectivity index (χ0) is 15.9. The normalized spacial score (nSPS) is 10.1. The van der Waals surface area contributed by atoms with Crippen LogP contribution in [0.25, 0.3) is 0 Å². The van der Waals surface area contributed by atoms with Gasteiger partial charge in [-0.2, -0.15) is 0 Å². The molecular weight excluding hydrogens is 314 g/mol. The number of anilines is 1. The van der Waals surface area contributed by atoms with Crippen molar-refractivity contribution < 1.29 is 19.1 Å². The number of methoxy groups -OCH3 is 1. The SMILES string of the molecule is COc1ccc(Cl)cc1NC(=O)COC(=O)Cn1cnnn1. The third-order valence-electron chi connectivity index (χ3n) is 2.48. The fraction of sp³-hybridized carbons (Fsp3) is 0.250. The second-order valence-corrected chi connectivity index (χ2v) is 4.50. The van der Waals surface area contributed by atoms with E-state index in [0.29, 0.717) is 16.5 Å². The zero-order valence-corrected chi connectivity index (χ0v) is 12.3. The molecule has 0 aliphatic heterocycles. The Morgan fingerprint density at radius 2 is 2.23 bits per heavy atom. The molecule has 1 aromatic carbocycles. The minimum atomic E-state index is -0.638. The monoisotopic (exact) mass is 325 g/mol. The summed E-state index contributed by atoms with van der Waals surface area (Å²) in [6.45, 7) is -0.628. The van der Waals surface area contributed by atoms with Crippen molar-refractivity contribution in [3.05, 3.63) is 29.5 Å². The first-order chi connectivity index (χ1) is 10.6. The summed E-state index contributed by atoms with van der Waals surface area (Å²) in [6.07, 6.45) is 1.26. The minimum absolute atomic E-state index is 0.180. The zero-order valence-electron chi connectivity index (χ0n) is 11.5. The van der Waals surface area contributed by atoms with Crippen molar-refractivity contribution in [2.75, 3.05) is 19.0 Å². The van der Waals surface area contributed by atoms with Gasteiger partial charge in [-0.1, -0.05) is 11.6 Å². The van der Waals surface area contributed by atoms with Crippen molar-refractivity contribution in [2.45, 2.75) is 6.54 Å². The molecule has 22 heavy (non-hydrogen) atoms. The second-order valence-electron chi connectivity index (χ2n) is 4.06. The molecule has 0 aliphatic carbocycles. The Morgan fingerprint density at radius 1 is 1.41 bits per heavy atom. The standard InChI is InChI=1S/C12H12ClN5O4/c1-21-10-3-2-8(13)4-9(10)15-11(19)6-22-12(20)5-18-7-14-16-17-18/h2-4,7H,5-6H2,1H3,(H,15,19). The Hall–Kier alpha value is -2.68. The van der Waals surface area contributed by atoms with E-state index in [1.165, 1.54) is 24.2 Å². The van der Waals surface area contributed by atoms with E-state index in [0.717, 1.165) is 0 Å². The van der Waals surface area contributed by atoms with Gasteiger partial charge in [-0.05, 0) is 28.6 Å². The first kappa shape index (κ1) is 15.7. The Morgan fingerprint density at radius 3 is 2.91 bits per heavy atom.